The fraction of sp³-hybridized carbons (Fsp3) is 0.304. The molecule has 9 heteroatoms. The summed E-state index contributed by atoms with van der Waals surface area (Å²) in [5.41, 5.74) is 1.59. The highest BCUT2D eigenvalue weighted by atomic mass is 32.1. The minimum Gasteiger partial charge on any atom is -0.497 e. The molecule has 0 fully saturated rings. The van der Waals surface area contributed by atoms with Gasteiger partial charge in [0.05, 0.1) is 29.9 Å². The molecule has 2 N–H and O–H groups in total. The first kappa shape index (κ1) is 23.2. The van der Waals surface area contributed by atoms with E-state index in [4.69, 9.17) is 9.47 Å². The Bertz CT molecular complexity index is 1100. The van der Waals surface area contributed by atoms with Crippen LogP contribution in [0.3, 0.4) is 0 Å². The molecule has 1 aromatic heterocycles. The maximum absolute atomic E-state index is 12.8. The standard InChI is InChI=1S/C23H25N3O5S/c1-4-31-23(29)26-21(28)17(14(2)15-8-6-5-7-9-15)13-20(27)25-22-24-18-12-16(30-3)10-11-19(18)32-22/h5-12,14,17H,4,13H2,1-3H3,(H,24,25,27)(H,26,28,29)/t14-,17+/m1/s1. The van der Waals surface area contributed by atoms with Crippen molar-refractivity contribution in [2.45, 2.75) is 26.2 Å². The van der Waals surface area contributed by atoms with Crippen LogP contribution in [0.5, 0.6) is 5.75 Å². The van der Waals surface area contributed by atoms with Crippen molar-refractivity contribution in [3.8, 4) is 5.75 Å². The molecule has 168 valence electrons. The molecule has 0 spiro atoms. The van der Waals surface area contributed by atoms with Crippen LogP contribution >= 0.6 is 11.3 Å². The lowest BCUT2D eigenvalue weighted by Crippen LogP contribution is -2.39. The minimum atomic E-state index is -0.830. The fourth-order valence-electron chi connectivity index (χ4n) is 3.30. The van der Waals surface area contributed by atoms with Gasteiger partial charge in [-0.2, -0.15) is 0 Å². The number of anilines is 1. The van der Waals surface area contributed by atoms with E-state index in [1.807, 2.05) is 49.4 Å². The number of benzene rings is 2. The largest absolute Gasteiger partial charge is 0.497 e. The van der Waals surface area contributed by atoms with Gasteiger partial charge in [0.15, 0.2) is 5.13 Å². The summed E-state index contributed by atoms with van der Waals surface area (Å²) in [4.78, 5) is 41.8. The highest BCUT2D eigenvalue weighted by Gasteiger charge is 2.30. The second-order valence-corrected chi connectivity index (χ2v) is 8.15. The summed E-state index contributed by atoms with van der Waals surface area (Å²) >= 11 is 1.33. The Balaban J connectivity index is 1.76. The van der Waals surface area contributed by atoms with Crippen LogP contribution in [0.25, 0.3) is 10.2 Å². The highest BCUT2D eigenvalue weighted by molar-refractivity contribution is 7.22. The summed E-state index contributed by atoms with van der Waals surface area (Å²) < 4.78 is 10.9. The molecule has 0 aliphatic carbocycles. The Hall–Kier alpha value is -3.46. The van der Waals surface area contributed by atoms with Gasteiger partial charge in [-0.15, -0.1) is 0 Å². The maximum atomic E-state index is 12.8. The highest BCUT2D eigenvalue weighted by Crippen LogP contribution is 2.30. The molecule has 2 atom stereocenters. The van der Waals surface area contributed by atoms with Gasteiger partial charge in [0.1, 0.15) is 5.75 Å². The van der Waals surface area contributed by atoms with Crippen LogP contribution in [0.1, 0.15) is 31.7 Å². The van der Waals surface area contributed by atoms with E-state index >= 15 is 0 Å². The van der Waals surface area contributed by atoms with Crippen LogP contribution in [0.15, 0.2) is 48.5 Å². The predicted octanol–water partition coefficient (Wildman–Crippen LogP) is 4.33. The summed E-state index contributed by atoms with van der Waals surface area (Å²) in [7, 11) is 1.58. The van der Waals surface area contributed by atoms with Crippen molar-refractivity contribution in [1.29, 1.82) is 0 Å². The van der Waals surface area contributed by atoms with Crippen LogP contribution in [-0.2, 0) is 14.3 Å². The maximum Gasteiger partial charge on any atom is 0.413 e. The molecule has 8 nitrogen and oxygen atoms in total. The molecule has 0 aliphatic rings. The van der Waals surface area contributed by atoms with Gasteiger partial charge in [-0.25, -0.2) is 9.78 Å². The lowest BCUT2D eigenvalue weighted by Gasteiger charge is -2.22. The molecule has 0 radical (unpaired) electrons. The monoisotopic (exact) mass is 455 g/mol. The Kier molecular flexibility index (Phi) is 7.77. The van der Waals surface area contributed by atoms with Crippen LogP contribution < -0.4 is 15.4 Å². The van der Waals surface area contributed by atoms with Gasteiger partial charge < -0.3 is 14.8 Å². The number of thiazole rings is 1. The molecule has 32 heavy (non-hydrogen) atoms. The zero-order valence-electron chi connectivity index (χ0n) is 18.1. The molecule has 0 saturated carbocycles. The number of nitrogens with zero attached hydrogens (tertiary/aromatic N) is 1. The molecule has 3 amide bonds. The molecule has 0 saturated heterocycles. The van der Waals surface area contributed by atoms with Crippen molar-refractivity contribution >= 4 is 44.6 Å². The lowest BCUT2D eigenvalue weighted by molar-refractivity contribution is -0.128. The van der Waals surface area contributed by atoms with Crippen molar-refractivity contribution in [1.82, 2.24) is 10.3 Å². The number of hydrogen-bond donors (Lipinski definition) is 2. The molecular weight excluding hydrogens is 430 g/mol. The van der Waals surface area contributed by atoms with E-state index in [1.165, 1.54) is 11.3 Å². The number of nitrogens with one attached hydrogen (secondary N) is 2. The summed E-state index contributed by atoms with van der Waals surface area (Å²) in [5.74, 6) is -1.35. The van der Waals surface area contributed by atoms with Crippen LogP contribution in [-0.4, -0.2) is 36.6 Å². The van der Waals surface area contributed by atoms with E-state index in [1.54, 1.807) is 20.1 Å². The first-order chi connectivity index (χ1) is 15.4. The summed E-state index contributed by atoms with van der Waals surface area (Å²) in [5, 5.41) is 5.42. The molecule has 0 bridgehead atoms. The van der Waals surface area contributed by atoms with Gasteiger partial charge in [0, 0.05) is 12.5 Å². The Morgan fingerprint density at radius 3 is 2.56 bits per heavy atom. The second kappa shape index (κ2) is 10.7. The van der Waals surface area contributed by atoms with Crippen LogP contribution in [0.4, 0.5) is 9.93 Å². The van der Waals surface area contributed by atoms with Gasteiger partial charge in [-0.05, 0) is 30.5 Å². The van der Waals surface area contributed by atoms with E-state index < -0.39 is 17.9 Å². The lowest BCUT2D eigenvalue weighted by atomic mass is 9.84. The Morgan fingerprint density at radius 2 is 1.88 bits per heavy atom. The van der Waals surface area contributed by atoms with E-state index in [0.717, 1.165) is 10.3 Å². The molecule has 2 aromatic carbocycles. The molecule has 0 unspecified atom stereocenters. The van der Waals surface area contributed by atoms with Crippen molar-refractivity contribution in [2.24, 2.45) is 5.92 Å². The molecule has 3 aromatic rings. The number of ether oxygens (including phenoxy) is 2. The Labute approximate surface area is 189 Å². The first-order valence-electron chi connectivity index (χ1n) is 10.2. The number of alkyl carbamates (subject to hydrolysis) is 1. The zero-order valence-corrected chi connectivity index (χ0v) is 18.9. The van der Waals surface area contributed by atoms with Gasteiger partial charge >= 0.3 is 6.09 Å². The number of carbonyl (C=O) groups is 3. The van der Waals surface area contributed by atoms with Crippen molar-refractivity contribution in [2.75, 3.05) is 19.0 Å². The second-order valence-electron chi connectivity index (χ2n) is 7.12. The van der Waals surface area contributed by atoms with Crippen molar-refractivity contribution in [3.05, 3.63) is 54.1 Å². The number of imide groups is 1. The van der Waals surface area contributed by atoms with Crippen molar-refractivity contribution < 1.29 is 23.9 Å². The third-order valence-corrected chi connectivity index (χ3v) is 5.96. The third-order valence-electron chi connectivity index (χ3n) is 5.01. The van der Waals surface area contributed by atoms with Gasteiger partial charge in [-0.3, -0.25) is 14.9 Å². The normalized spacial score (nSPS) is 12.6. The minimum absolute atomic E-state index is 0.124. The smallest absolute Gasteiger partial charge is 0.413 e. The number of fused-ring (bicyclic) bond motifs is 1. The topological polar surface area (TPSA) is 107 Å². The quantitative estimate of drug-likeness (QED) is 0.524. The van der Waals surface area contributed by atoms with Gasteiger partial charge in [-0.1, -0.05) is 48.6 Å². The zero-order chi connectivity index (χ0) is 23.1. The SMILES string of the molecule is CCOC(=O)NC(=O)[C@@H](CC(=O)Nc1nc2cc(OC)ccc2s1)[C@H](C)c1ccccc1. The van der Waals surface area contributed by atoms with E-state index in [9.17, 15) is 14.4 Å². The summed E-state index contributed by atoms with van der Waals surface area (Å²) in [6.45, 7) is 3.64. The van der Waals surface area contributed by atoms with E-state index in [0.29, 0.717) is 16.4 Å². The average Bonchev–Trinajstić information content (AvgIpc) is 3.18. The molecule has 1 heterocycles. The molecule has 3 rings (SSSR count). The fourth-order valence-corrected chi connectivity index (χ4v) is 4.17. The number of methoxy groups -OCH3 is 1. The van der Waals surface area contributed by atoms with Gasteiger partial charge in [0.2, 0.25) is 11.8 Å². The summed E-state index contributed by atoms with van der Waals surface area (Å²) in [6.07, 6.45) is -0.955. The number of amides is 3. The average molecular weight is 456 g/mol. The Morgan fingerprint density at radius 1 is 1.12 bits per heavy atom. The predicted molar refractivity (Wildman–Crippen MR) is 123 cm³/mol. The molecular formula is C23H25N3O5S. The number of aromatic nitrogens is 1. The van der Waals surface area contributed by atoms with Crippen LogP contribution in [0, 0.1) is 5.92 Å². The van der Waals surface area contributed by atoms with E-state index in [2.05, 4.69) is 15.6 Å². The number of rotatable bonds is 8. The van der Waals surface area contributed by atoms with Gasteiger partial charge in [0.25, 0.3) is 0 Å². The van der Waals surface area contributed by atoms with Crippen LogP contribution in [0.2, 0.25) is 0 Å². The molecule has 0 aliphatic heterocycles. The first-order valence-corrected chi connectivity index (χ1v) is 11.0. The third kappa shape index (κ3) is 5.82. The van der Waals surface area contributed by atoms with Crippen molar-refractivity contribution in [3.63, 3.8) is 0 Å². The summed E-state index contributed by atoms with van der Waals surface area (Å²) in [6, 6.07) is 14.8. The van der Waals surface area contributed by atoms with E-state index in [-0.39, 0.29) is 24.9 Å². The number of carbonyl (C=O) groups excluding carboxylic acids is 3. The number of hydrogen-bond acceptors (Lipinski definition) is 7.